The van der Waals surface area contributed by atoms with Gasteiger partial charge in [-0.3, -0.25) is 0 Å². The van der Waals surface area contributed by atoms with Crippen LogP contribution in [-0.2, 0) is 0 Å². The number of anilines is 2. The van der Waals surface area contributed by atoms with Crippen molar-refractivity contribution in [2.45, 2.75) is 13.3 Å². The quantitative estimate of drug-likeness (QED) is 0.735. The van der Waals surface area contributed by atoms with Crippen molar-refractivity contribution in [2.75, 3.05) is 44.4 Å². The van der Waals surface area contributed by atoms with Gasteiger partial charge in [0, 0.05) is 25.3 Å². The molecule has 0 radical (unpaired) electrons. The third kappa shape index (κ3) is 4.44. The fourth-order valence-corrected chi connectivity index (χ4v) is 1.93. The Kier molecular flexibility index (Phi) is 5.63. The predicted octanol–water partition coefficient (Wildman–Crippen LogP) is 1.74. The van der Waals surface area contributed by atoms with Crippen molar-refractivity contribution in [3.8, 4) is 0 Å². The van der Waals surface area contributed by atoms with Gasteiger partial charge in [-0.25, -0.2) is 4.79 Å². The third-order valence-electron chi connectivity index (χ3n) is 2.90. The van der Waals surface area contributed by atoms with Crippen molar-refractivity contribution in [2.24, 2.45) is 0 Å². The van der Waals surface area contributed by atoms with E-state index in [1.54, 1.807) is 18.2 Å². The summed E-state index contributed by atoms with van der Waals surface area (Å²) in [5.41, 5.74) is 7.39. The molecule has 0 aliphatic rings. The van der Waals surface area contributed by atoms with Crippen molar-refractivity contribution in [1.29, 1.82) is 0 Å². The molecular weight excluding hydrogens is 242 g/mol. The van der Waals surface area contributed by atoms with E-state index in [4.69, 9.17) is 5.73 Å². The van der Waals surface area contributed by atoms with Gasteiger partial charge in [0.2, 0.25) is 0 Å². The minimum absolute atomic E-state index is 0.307. The van der Waals surface area contributed by atoms with E-state index in [-0.39, 0.29) is 0 Å². The van der Waals surface area contributed by atoms with Gasteiger partial charge in [-0.15, -0.1) is 0 Å². The second-order valence-corrected chi connectivity index (χ2v) is 4.87. The van der Waals surface area contributed by atoms with Crippen LogP contribution in [0.4, 0.5) is 11.4 Å². The first-order chi connectivity index (χ1) is 8.95. The van der Waals surface area contributed by atoms with Gasteiger partial charge in [-0.05, 0) is 38.7 Å². The van der Waals surface area contributed by atoms with Gasteiger partial charge >= 0.3 is 5.97 Å². The summed E-state index contributed by atoms with van der Waals surface area (Å²) in [6.45, 7) is 4.55. The number of rotatable bonds is 7. The highest BCUT2D eigenvalue weighted by molar-refractivity contribution is 5.95. The zero-order chi connectivity index (χ0) is 14.4. The van der Waals surface area contributed by atoms with Crippen LogP contribution in [0.15, 0.2) is 18.2 Å². The van der Waals surface area contributed by atoms with Crippen LogP contribution < -0.4 is 10.6 Å². The number of nitrogen functional groups attached to an aromatic ring is 1. The molecule has 0 unspecified atom stereocenters. The van der Waals surface area contributed by atoms with Crippen molar-refractivity contribution in [3.05, 3.63) is 23.8 Å². The van der Waals surface area contributed by atoms with Crippen LogP contribution in [0.3, 0.4) is 0 Å². The Hall–Kier alpha value is -1.75. The Labute approximate surface area is 114 Å². The molecule has 5 nitrogen and oxygen atoms in total. The SMILES string of the molecule is CCCN(CCN(C)C)c1cc(N)ccc1C(=O)O. The first kappa shape index (κ1) is 15.3. The normalized spacial score (nSPS) is 10.7. The van der Waals surface area contributed by atoms with Gasteiger partial charge in [0.15, 0.2) is 0 Å². The molecule has 5 heteroatoms. The Morgan fingerprint density at radius 1 is 1.26 bits per heavy atom. The molecule has 106 valence electrons. The van der Waals surface area contributed by atoms with E-state index >= 15 is 0 Å². The average molecular weight is 265 g/mol. The second-order valence-electron chi connectivity index (χ2n) is 4.87. The molecular formula is C14H23N3O2. The summed E-state index contributed by atoms with van der Waals surface area (Å²) in [5, 5.41) is 9.27. The summed E-state index contributed by atoms with van der Waals surface area (Å²) >= 11 is 0. The number of carboxylic acid groups (broad SMARTS) is 1. The van der Waals surface area contributed by atoms with Crippen molar-refractivity contribution < 1.29 is 9.90 Å². The summed E-state index contributed by atoms with van der Waals surface area (Å²) in [6, 6.07) is 4.95. The lowest BCUT2D eigenvalue weighted by Crippen LogP contribution is -2.33. The largest absolute Gasteiger partial charge is 0.478 e. The number of carbonyl (C=O) groups is 1. The van der Waals surface area contributed by atoms with Crippen LogP contribution in [0.2, 0.25) is 0 Å². The molecule has 0 saturated carbocycles. The number of carboxylic acids is 1. The lowest BCUT2D eigenvalue weighted by atomic mass is 10.1. The molecule has 19 heavy (non-hydrogen) atoms. The number of likely N-dealkylation sites (N-methyl/N-ethyl adjacent to an activating group) is 1. The van der Waals surface area contributed by atoms with E-state index in [0.29, 0.717) is 16.9 Å². The van der Waals surface area contributed by atoms with Gasteiger partial charge in [-0.2, -0.15) is 0 Å². The molecule has 0 aliphatic heterocycles. The van der Waals surface area contributed by atoms with Crippen LogP contribution in [0.1, 0.15) is 23.7 Å². The van der Waals surface area contributed by atoms with E-state index < -0.39 is 5.97 Å². The van der Waals surface area contributed by atoms with Crippen LogP contribution >= 0.6 is 0 Å². The molecule has 0 aromatic heterocycles. The summed E-state index contributed by atoms with van der Waals surface area (Å²) in [4.78, 5) is 15.5. The number of hydrogen-bond acceptors (Lipinski definition) is 4. The molecule has 1 aromatic carbocycles. The summed E-state index contributed by atoms with van der Waals surface area (Å²) < 4.78 is 0. The zero-order valence-electron chi connectivity index (χ0n) is 11.9. The van der Waals surface area contributed by atoms with Gasteiger partial charge < -0.3 is 20.6 Å². The highest BCUT2D eigenvalue weighted by Crippen LogP contribution is 2.24. The summed E-state index contributed by atoms with van der Waals surface area (Å²) in [6.07, 6.45) is 0.960. The minimum atomic E-state index is -0.916. The fourth-order valence-electron chi connectivity index (χ4n) is 1.93. The highest BCUT2D eigenvalue weighted by Gasteiger charge is 2.16. The number of nitrogens with zero attached hydrogens (tertiary/aromatic N) is 2. The van der Waals surface area contributed by atoms with E-state index in [1.807, 2.05) is 14.1 Å². The maximum Gasteiger partial charge on any atom is 0.337 e. The topological polar surface area (TPSA) is 69.8 Å². The Bertz CT molecular complexity index is 433. The second kappa shape index (κ2) is 6.99. The molecule has 0 atom stereocenters. The Morgan fingerprint density at radius 2 is 1.95 bits per heavy atom. The monoisotopic (exact) mass is 265 g/mol. The van der Waals surface area contributed by atoms with Gasteiger partial charge in [0.05, 0.1) is 11.3 Å². The van der Waals surface area contributed by atoms with Crippen LogP contribution in [0, 0.1) is 0 Å². The first-order valence-corrected chi connectivity index (χ1v) is 6.48. The standard InChI is InChI=1S/C14H23N3O2/c1-4-7-17(9-8-16(2)3)13-10-11(15)5-6-12(13)14(18)19/h5-6,10H,4,7-9,15H2,1-3H3,(H,18,19). The third-order valence-corrected chi connectivity index (χ3v) is 2.90. The molecule has 0 fully saturated rings. The molecule has 3 N–H and O–H groups in total. The average Bonchev–Trinajstić information content (AvgIpc) is 2.33. The molecule has 0 aliphatic carbocycles. The first-order valence-electron chi connectivity index (χ1n) is 6.48. The molecule has 0 saturated heterocycles. The molecule has 0 spiro atoms. The number of aromatic carboxylic acids is 1. The summed E-state index contributed by atoms with van der Waals surface area (Å²) in [5.74, 6) is -0.916. The van der Waals surface area contributed by atoms with E-state index in [9.17, 15) is 9.90 Å². The van der Waals surface area contributed by atoms with Crippen LogP contribution in [0.5, 0.6) is 0 Å². The number of nitrogens with two attached hydrogens (primary N) is 1. The number of benzene rings is 1. The van der Waals surface area contributed by atoms with Gasteiger partial charge in [-0.1, -0.05) is 6.92 Å². The molecule has 0 amide bonds. The van der Waals surface area contributed by atoms with Gasteiger partial charge in [0.25, 0.3) is 0 Å². The smallest absolute Gasteiger partial charge is 0.337 e. The van der Waals surface area contributed by atoms with E-state index in [0.717, 1.165) is 26.1 Å². The Morgan fingerprint density at radius 3 is 2.47 bits per heavy atom. The predicted molar refractivity (Wildman–Crippen MR) is 78.9 cm³/mol. The number of hydrogen-bond donors (Lipinski definition) is 2. The molecule has 1 aromatic rings. The van der Waals surface area contributed by atoms with E-state index in [2.05, 4.69) is 16.7 Å². The van der Waals surface area contributed by atoms with Crippen molar-refractivity contribution >= 4 is 17.3 Å². The molecule has 1 rings (SSSR count). The highest BCUT2D eigenvalue weighted by atomic mass is 16.4. The lowest BCUT2D eigenvalue weighted by molar-refractivity contribution is 0.0697. The van der Waals surface area contributed by atoms with Crippen LogP contribution in [0.25, 0.3) is 0 Å². The minimum Gasteiger partial charge on any atom is -0.478 e. The van der Waals surface area contributed by atoms with Crippen molar-refractivity contribution in [1.82, 2.24) is 4.90 Å². The maximum atomic E-state index is 11.3. The van der Waals surface area contributed by atoms with Crippen LogP contribution in [-0.4, -0.2) is 49.7 Å². The molecule has 0 heterocycles. The maximum absolute atomic E-state index is 11.3. The van der Waals surface area contributed by atoms with Gasteiger partial charge in [0.1, 0.15) is 0 Å². The molecule has 0 bridgehead atoms. The van der Waals surface area contributed by atoms with Crippen molar-refractivity contribution in [3.63, 3.8) is 0 Å². The zero-order valence-corrected chi connectivity index (χ0v) is 11.9. The fraction of sp³-hybridized carbons (Fsp3) is 0.500. The lowest BCUT2D eigenvalue weighted by Gasteiger charge is -2.27. The summed E-state index contributed by atoms with van der Waals surface area (Å²) in [7, 11) is 4.00. The Balaban J connectivity index is 3.05. The van der Waals surface area contributed by atoms with E-state index in [1.165, 1.54) is 0 Å².